The van der Waals surface area contributed by atoms with E-state index in [4.69, 9.17) is 0 Å². The Morgan fingerprint density at radius 2 is 1.88 bits per heavy atom. The van der Waals surface area contributed by atoms with E-state index < -0.39 is 24.4 Å². The summed E-state index contributed by atoms with van der Waals surface area (Å²) in [5.41, 5.74) is 1.79. The van der Waals surface area contributed by atoms with Crippen LogP contribution in [-0.4, -0.2) is 12.8 Å². The van der Waals surface area contributed by atoms with Gasteiger partial charge in [-0.05, 0) is 6.07 Å². The van der Waals surface area contributed by atoms with Crippen LogP contribution >= 0.6 is 0 Å². The normalized spacial score (nSPS) is 11.8. The molecule has 0 aliphatic heterocycles. The van der Waals surface area contributed by atoms with Crippen LogP contribution in [0.2, 0.25) is 0 Å². The number of hydroxylamine groups is 1. The monoisotopic (exact) mass is 241 g/mol. The summed E-state index contributed by atoms with van der Waals surface area (Å²) in [7, 11) is 0. The van der Waals surface area contributed by atoms with Gasteiger partial charge in [-0.1, -0.05) is 12.1 Å². The Hall–Kier alpha value is -1.21. The lowest BCUT2D eigenvalue weighted by Gasteiger charge is -2.09. The molecule has 0 amide bonds. The van der Waals surface area contributed by atoms with Crippen LogP contribution in [0, 0.1) is 11.6 Å². The molecule has 0 saturated carbocycles. The molecule has 0 aromatic heterocycles. The fourth-order valence-corrected chi connectivity index (χ4v) is 0.947. The van der Waals surface area contributed by atoms with E-state index in [0.717, 1.165) is 6.07 Å². The second-order valence-electron chi connectivity index (χ2n) is 2.94. The molecule has 0 atom stereocenters. The fraction of sp³-hybridized carbons (Fsp3) is 0.333. The molecule has 0 aliphatic rings. The van der Waals surface area contributed by atoms with Crippen molar-refractivity contribution in [2.45, 2.75) is 12.7 Å². The van der Waals surface area contributed by atoms with Crippen LogP contribution in [0.15, 0.2) is 18.2 Å². The molecule has 0 radical (unpaired) electrons. The third kappa shape index (κ3) is 4.11. The van der Waals surface area contributed by atoms with E-state index in [1.807, 2.05) is 5.48 Å². The van der Waals surface area contributed by atoms with Crippen molar-refractivity contribution in [3.05, 3.63) is 35.4 Å². The van der Waals surface area contributed by atoms with Gasteiger partial charge in [-0.15, -0.1) is 0 Å². The minimum absolute atomic E-state index is 0.109. The summed E-state index contributed by atoms with van der Waals surface area (Å²) in [5, 5.41) is 0. The number of alkyl halides is 3. The minimum atomic E-state index is -4.46. The lowest BCUT2D eigenvalue weighted by Crippen LogP contribution is -2.24. The zero-order valence-electron chi connectivity index (χ0n) is 7.94. The molecule has 1 rings (SSSR count). The molecule has 0 heterocycles. The summed E-state index contributed by atoms with van der Waals surface area (Å²) in [5.74, 6) is -2.17. The fourth-order valence-electron chi connectivity index (χ4n) is 0.947. The molecule has 1 N–H and O–H groups in total. The number of hydrogen-bond acceptors (Lipinski definition) is 2. The summed E-state index contributed by atoms with van der Waals surface area (Å²) < 4.78 is 60.5. The molecule has 7 heteroatoms. The van der Waals surface area contributed by atoms with Gasteiger partial charge in [0.15, 0.2) is 18.2 Å². The first-order valence-electron chi connectivity index (χ1n) is 4.24. The molecule has 1 aromatic carbocycles. The molecule has 16 heavy (non-hydrogen) atoms. The quantitative estimate of drug-likeness (QED) is 0.497. The maximum Gasteiger partial charge on any atom is 0.413 e. The third-order valence-corrected chi connectivity index (χ3v) is 1.63. The zero-order valence-corrected chi connectivity index (χ0v) is 7.94. The van der Waals surface area contributed by atoms with Crippen molar-refractivity contribution in [2.75, 3.05) is 6.61 Å². The van der Waals surface area contributed by atoms with E-state index in [-0.39, 0.29) is 12.1 Å². The topological polar surface area (TPSA) is 21.3 Å². The molecule has 0 bridgehead atoms. The Morgan fingerprint density at radius 1 is 1.19 bits per heavy atom. The first kappa shape index (κ1) is 12.9. The molecule has 90 valence electrons. The standard InChI is InChI=1S/C9H8F5NO/c10-7-3-1-2-6(8(7)11)4-15-16-5-9(12,13)14/h1-3,15H,4-5H2. The van der Waals surface area contributed by atoms with Crippen molar-refractivity contribution < 1.29 is 26.8 Å². The predicted octanol–water partition coefficient (Wildman–Crippen LogP) is 2.55. The van der Waals surface area contributed by atoms with Gasteiger partial charge in [-0.3, -0.25) is 4.84 Å². The maximum absolute atomic E-state index is 13.0. The first-order valence-corrected chi connectivity index (χ1v) is 4.24. The molecule has 1 aromatic rings. The van der Waals surface area contributed by atoms with Crippen molar-refractivity contribution in [1.82, 2.24) is 5.48 Å². The molecule has 0 unspecified atom stereocenters. The highest BCUT2D eigenvalue weighted by Crippen LogP contribution is 2.14. The van der Waals surface area contributed by atoms with Gasteiger partial charge in [0, 0.05) is 12.1 Å². The Labute approximate surface area is 88.0 Å². The lowest BCUT2D eigenvalue weighted by molar-refractivity contribution is -0.190. The second kappa shape index (κ2) is 5.22. The second-order valence-corrected chi connectivity index (χ2v) is 2.94. The highest BCUT2D eigenvalue weighted by Gasteiger charge is 2.27. The van der Waals surface area contributed by atoms with E-state index in [9.17, 15) is 22.0 Å². The van der Waals surface area contributed by atoms with Gasteiger partial charge < -0.3 is 0 Å². The average Bonchev–Trinajstić information content (AvgIpc) is 2.17. The van der Waals surface area contributed by atoms with Crippen molar-refractivity contribution in [3.8, 4) is 0 Å². The number of halogens is 5. The highest BCUT2D eigenvalue weighted by molar-refractivity contribution is 5.18. The predicted molar refractivity (Wildman–Crippen MR) is 45.2 cm³/mol. The van der Waals surface area contributed by atoms with Gasteiger partial charge in [0.2, 0.25) is 0 Å². The van der Waals surface area contributed by atoms with Crippen LogP contribution in [0.25, 0.3) is 0 Å². The summed E-state index contributed by atoms with van der Waals surface area (Å²) in [4.78, 5) is 4.03. The summed E-state index contributed by atoms with van der Waals surface area (Å²) in [6, 6.07) is 3.40. The van der Waals surface area contributed by atoms with E-state index in [2.05, 4.69) is 4.84 Å². The zero-order chi connectivity index (χ0) is 12.2. The third-order valence-electron chi connectivity index (χ3n) is 1.63. The van der Waals surface area contributed by atoms with Crippen molar-refractivity contribution in [2.24, 2.45) is 0 Å². The Kier molecular flexibility index (Phi) is 4.19. The smallest absolute Gasteiger partial charge is 0.292 e. The molecular weight excluding hydrogens is 233 g/mol. The minimum Gasteiger partial charge on any atom is -0.292 e. The largest absolute Gasteiger partial charge is 0.413 e. The molecule has 0 saturated heterocycles. The highest BCUT2D eigenvalue weighted by atomic mass is 19.4. The number of hydrogen-bond donors (Lipinski definition) is 1. The number of benzene rings is 1. The SMILES string of the molecule is Fc1cccc(CNOCC(F)(F)F)c1F. The molecular formula is C9H8F5NO. The van der Waals surface area contributed by atoms with Crippen molar-refractivity contribution in [3.63, 3.8) is 0 Å². The van der Waals surface area contributed by atoms with Crippen LogP contribution < -0.4 is 5.48 Å². The van der Waals surface area contributed by atoms with Crippen LogP contribution in [0.5, 0.6) is 0 Å². The Balaban J connectivity index is 2.41. The van der Waals surface area contributed by atoms with Gasteiger partial charge in [-0.25, -0.2) is 8.78 Å². The van der Waals surface area contributed by atoms with E-state index in [1.54, 1.807) is 0 Å². The molecule has 2 nitrogen and oxygen atoms in total. The van der Waals surface area contributed by atoms with Crippen LogP contribution in [0.1, 0.15) is 5.56 Å². The Bertz CT molecular complexity index is 352. The lowest BCUT2D eigenvalue weighted by atomic mass is 10.2. The van der Waals surface area contributed by atoms with E-state index >= 15 is 0 Å². The van der Waals surface area contributed by atoms with Gasteiger partial charge >= 0.3 is 6.18 Å². The Morgan fingerprint density at radius 3 is 2.50 bits per heavy atom. The number of rotatable bonds is 4. The van der Waals surface area contributed by atoms with Crippen LogP contribution in [0.3, 0.4) is 0 Å². The van der Waals surface area contributed by atoms with Crippen molar-refractivity contribution in [1.29, 1.82) is 0 Å². The summed E-state index contributed by atoms with van der Waals surface area (Å²) >= 11 is 0. The molecule has 0 spiro atoms. The maximum atomic E-state index is 13.0. The van der Waals surface area contributed by atoms with Gasteiger partial charge in [0.1, 0.15) is 0 Å². The van der Waals surface area contributed by atoms with Gasteiger partial charge in [0.25, 0.3) is 0 Å². The van der Waals surface area contributed by atoms with Crippen LogP contribution in [-0.2, 0) is 11.4 Å². The number of nitrogens with one attached hydrogen (secondary N) is 1. The average molecular weight is 241 g/mol. The van der Waals surface area contributed by atoms with Crippen LogP contribution in [0.4, 0.5) is 22.0 Å². The van der Waals surface area contributed by atoms with E-state index in [1.165, 1.54) is 12.1 Å². The van der Waals surface area contributed by atoms with E-state index in [0.29, 0.717) is 0 Å². The first-order chi connectivity index (χ1) is 7.40. The summed E-state index contributed by atoms with van der Waals surface area (Å²) in [6.45, 7) is -1.84. The molecule has 0 fully saturated rings. The molecule has 0 aliphatic carbocycles. The van der Waals surface area contributed by atoms with Gasteiger partial charge in [-0.2, -0.15) is 18.7 Å². The van der Waals surface area contributed by atoms with Crippen molar-refractivity contribution >= 4 is 0 Å². The summed E-state index contributed by atoms with van der Waals surface area (Å²) in [6.07, 6.45) is -4.46. The van der Waals surface area contributed by atoms with Gasteiger partial charge in [0.05, 0.1) is 0 Å².